The molecule has 1 aliphatic heterocycles. The van der Waals surface area contributed by atoms with Gasteiger partial charge >= 0.3 is 0 Å². The molecule has 6 nitrogen and oxygen atoms in total. The smallest absolute Gasteiger partial charge is 0.275 e. The Morgan fingerprint density at radius 3 is 2.37 bits per heavy atom. The molecule has 0 spiro atoms. The van der Waals surface area contributed by atoms with Gasteiger partial charge in [-0.15, -0.1) is 11.6 Å². The molecule has 182 valence electrons. The first-order valence-electron chi connectivity index (χ1n) is 11.2. The van der Waals surface area contributed by atoms with Gasteiger partial charge in [0.25, 0.3) is 17.7 Å². The lowest BCUT2D eigenvalue weighted by Gasteiger charge is -2.36. The van der Waals surface area contributed by atoms with E-state index in [1.807, 2.05) is 19.1 Å². The van der Waals surface area contributed by atoms with E-state index in [4.69, 9.17) is 34.8 Å². The van der Waals surface area contributed by atoms with E-state index in [9.17, 15) is 19.2 Å². The van der Waals surface area contributed by atoms with Crippen molar-refractivity contribution in [3.05, 3.63) is 81.9 Å². The zero-order chi connectivity index (χ0) is 25.3. The van der Waals surface area contributed by atoms with Gasteiger partial charge in [-0.1, -0.05) is 54.4 Å². The molecule has 0 bridgehead atoms. The first-order chi connectivity index (χ1) is 16.8. The van der Waals surface area contributed by atoms with E-state index in [2.05, 4.69) is 0 Å². The highest BCUT2D eigenvalue weighted by Crippen LogP contribution is 2.40. The van der Waals surface area contributed by atoms with E-state index >= 15 is 0 Å². The maximum absolute atomic E-state index is 13.9. The number of carbonyl (C=O) groups excluding carboxylic acids is 4. The SMILES string of the molecule is C[C@@H]1C=CC[C@@H]2C(=O)N(N(C(=O)c3ccccc3Cl)[C@@H](CCCl)C(=O)c3ccc(Cl)cc3)C(=O)[C@@H]12. The van der Waals surface area contributed by atoms with Crippen LogP contribution in [0, 0.1) is 17.8 Å². The summed E-state index contributed by atoms with van der Waals surface area (Å²) < 4.78 is 0. The molecule has 1 saturated heterocycles. The molecule has 3 amide bonds. The number of allylic oxidation sites excluding steroid dienone is 2. The first-order valence-corrected chi connectivity index (χ1v) is 12.5. The van der Waals surface area contributed by atoms with Crippen LogP contribution in [0.15, 0.2) is 60.7 Å². The molecule has 0 unspecified atom stereocenters. The Labute approximate surface area is 218 Å². The van der Waals surface area contributed by atoms with E-state index in [0.717, 1.165) is 10.0 Å². The van der Waals surface area contributed by atoms with Crippen molar-refractivity contribution in [2.75, 3.05) is 5.88 Å². The minimum absolute atomic E-state index is 0.0112. The lowest BCUT2D eigenvalue weighted by atomic mass is 9.78. The Hall–Kier alpha value is -2.67. The number of benzene rings is 2. The van der Waals surface area contributed by atoms with E-state index in [1.54, 1.807) is 24.3 Å². The fraction of sp³-hybridized carbons (Fsp3) is 0.308. The standard InChI is InChI=1S/C26H23Cl3N2O4/c1-15-5-4-7-19-22(15)26(35)31(25(19)34)30(24(33)18-6-2-3-8-20(18)29)21(13-14-27)23(32)16-9-11-17(28)12-10-16/h2-6,8-12,15,19,21-22H,7,13-14H2,1H3/t15-,19+,21+,22+/m1/s1. The average molecular weight is 534 g/mol. The van der Waals surface area contributed by atoms with Crippen molar-refractivity contribution in [2.45, 2.75) is 25.8 Å². The van der Waals surface area contributed by atoms with Crippen LogP contribution in [0.25, 0.3) is 0 Å². The lowest BCUT2D eigenvalue weighted by Crippen LogP contribution is -2.57. The molecule has 1 heterocycles. The number of fused-ring (bicyclic) bond motifs is 1. The topological polar surface area (TPSA) is 74.8 Å². The van der Waals surface area contributed by atoms with Crippen LogP contribution >= 0.6 is 34.8 Å². The molecule has 2 aromatic carbocycles. The van der Waals surface area contributed by atoms with Crippen LogP contribution in [0.2, 0.25) is 10.0 Å². The Morgan fingerprint density at radius 1 is 1.06 bits per heavy atom. The predicted octanol–water partition coefficient (Wildman–Crippen LogP) is 5.43. The summed E-state index contributed by atoms with van der Waals surface area (Å²) in [6, 6.07) is 11.3. The van der Waals surface area contributed by atoms with E-state index in [1.165, 1.54) is 24.3 Å². The number of imide groups is 1. The number of hydrogen-bond acceptors (Lipinski definition) is 4. The summed E-state index contributed by atoms with van der Waals surface area (Å²) in [4.78, 5) is 54.7. The van der Waals surface area contributed by atoms with Gasteiger partial charge in [-0.05, 0) is 55.2 Å². The largest absolute Gasteiger partial charge is 0.292 e. The zero-order valence-electron chi connectivity index (χ0n) is 18.9. The molecule has 0 aromatic heterocycles. The van der Waals surface area contributed by atoms with Crippen LogP contribution in [0.1, 0.15) is 40.5 Å². The number of alkyl halides is 1. The number of hydrazine groups is 1. The second kappa shape index (κ2) is 10.5. The van der Waals surface area contributed by atoms with Crippen molar-refractivity contribution in [1.82, 2.24) is 10.0 Å². The highest BCUT2D eigenvalue weighted by Gasteiger charge is 2.54. The number of ketones is 1. The normalized spacial score (nSPS) is 22.2. The van der Waals surface area contributed by atoms with Gasteiger partial charge in [-0.3, -0.25) is 19.2 Å². The fourth-order valence-corrected chi connectivity index (χ4v) is 5.30. The van der Waals surface area contributed by atoms with Crippen molar-refractivity contribution in [3.8, 4) is 0 Å². The molecule has 1 fully saturated rings. The minimum Gasteiger partial charge on any atom is -0.292 e. The zero-order valence-corrected chi connectivity index (χ0v) is 21.1. The van der Waals surface area contributed by atoms with Gasteiger partial charge < -0.3 is 0 Å². The van der Waals surface area contributed by atoms with Gasteiger partial charge in [0.2, 0.25) is 0 Å². The van der Waals surface area contributed by atoms with Crippen molar-refractivity contribution in [1.29, 1.82) is 0 Å². The van der Waals surface area contributed by atoms with Crippen molar-refractivity contribution < 1.29 is 19.2 Å². The number of halogens is 3. The van der Waals surface area contributed by atoms with E-state index in [0.29, 0.717) is 11.4 Å². The van der Waals surface area contributed by atoms with Gasteiger partial charge in [-0.2, -0.15) is 5.01 Å². The molecule has 35 heavy (non-hydrogen) atoms. The molecule has 1 aliphatic carbocycles. The summed E-state index contributed by atoms with van der Waals surface area (Å²) in [5.41, 5.74) is 0.340. The monoisotopic (exact) mass is 532 g/mol. The molecule has 9 heteroatoms. The maximum Gasteiger partial charge on any atom is 0.275 e. The molecule has 0 radical (unpaired) electrons. The summed E-state index contributed by atoms with van der Waals surface area (Å²) in [5, 5.41) is 2.40. The molecule has 0 saturated carbocycles. The Morgan fingerprint density at radius 2 is 1.74 bits per heavy atom. The summed E-state index contributed by atoms with van der Waals surface area (Å²) in [5.74, 6) is -3.62. The number of hydrogen-bond donors (Lipinski definition) is 0. The highest BCUT2D eigenvalue weighted by molar-refractivity contribution is 6.34. The predicted molar refractivity (Wildman–Crippen MR) is 134 cm³/mol. The van der Waals surface area contributed by atoms with Crippen LogP contribution < -0.4 is 0 Å². The van der Waals surface area contributed by atoms with Crippen molar-refractivity contribution in [3.63, 3.8) is 0 Å². The van der Waals surface area contributed by atoms with Crippen LogP contribution in [0.5, 0.6) is 0 Å². The molecular formula is C26H23Cl3N2O4. The summed E-state index contributed by atoms with van der Waals surface area (Å²) in [7, 11) is 0. The first kappa shape index (κ1) is 25.4. The molecule has 4 atom stereocenters. The number of Topliss-reactive ketones (excluding diaryl/α,β-unsaturated/α-hetero) is 1. The quantitative estimate of drug-likeness (QED) is 0.206. The van der Waals surface area contributed by atoms with Gasteiger partial charge in [0, 0.05) is 16.5 Å². The number of amides is 3. The number of rotatable bonds is 7. The van der Waals surface area contributed by atoms with Gasteiger partial charge in [0.15, 0.2) is 5.78 Å². The average Bonchev–Trinajstić information content (AvgIpc) is 3.10. The fourth-order valence-electron chi connectivity index (χ4n) is 4.75. The second-order valence-corrected chi connectivity index (χ2v) is 9.86. The Bertz CT molecular complexity index is 1200. The summed E-state index contributed by atoms with van der Waals surface area (Å²) >= 11 is 18.4. The van der Waals surface area contributed by atoms with Crippen molar-refractivity contribution >= 4 is 58.3 Å². The summed E-state index contributed by atoms with van der Waals surface area (Å²) in [6.07, 6.45) is 4.16. The van der Waals surface area contributed by atoms with Gasteiger partial charge in [-0.25, -0.2) is 5.01 Å². The third-order valence-corrected chi connectivity index (χ3v) is 7.29. The second-order valence-electron chi connectivity index (χ2n) is 8.64. The molecule has 2 aliphatic rings. The minimum atomic E-state index is -1.21. The van der Waals surface area contributed by atoms with Gasteiger partial charge in [0.05, 0.1) is 22.4 Å². The highest BCUT2D eigenvalue weighted by atomic mass is 35.5. The van der Waals surface area contributed by atoms with E-state index < -0.39 is 41.4 Å². The Balaban J connectivity index is 1.83. The third-order valence-electron chi connectivity index (χ3n) is 6.49. The molecule has 4 rings (SSSR count). The summed E-state index contributed by atoms with van der Waals surface area (Å²) in [6.45, 7) is 1.86. The third kappa shape index (κ3) is 4.75. The number of nitrogens with zero attached hydrogens (tertiary/aromatic N) is 2. The maximum atomic E-state index is 13.9. The van der Waals surface area contributed by atoms with E-state index in [-0.39, 0.29) is 34.4 Å². The molecular weight excluding hydrogens is 511 g/mol. The van der Waals surface area contributed by atoms with Crippen molar-refractivity contribution in [2.24, 2.45) is 17.8 Å². The van der Waals surface area contributed by atoms with Crippen LogP contribution in [0.4, 0.5) is 0 Å². The van der Waals surface area contributed by atoms with Gasteiger partial charge in [0.1, 0.15) is 6.04 Å². The molecule has 2 aromatic rings. The number of carbonyl (C=O) groups is 4. The van der Waals surface area contributed by atoms with Crippen LogP contribution in [-0.4, -0.2) is 45.4 Å². The Kier molecular flexibility index (Phi) is 7.64. The lowest BCUT2D eigenvalue weighted by molar-refractivity contribution is -0.156. The van der Waals surface area contributed by atoms with Crippen LogP contribution in [0.3, 0.4) is 0 Å². The van der Waals surface area contributed by atoms with Crippen LogP contribution in [-0.2, 0) is 9.59 Å². The molecule has 0 N–H and O–H groups in total.